The van der Waals surface area contributed by atoms with Crippen molar-refractivity contribution < 1.29 is 15.8 Å². The number of likely N-dealkylation sites (N-methyl/N-ethyl adjacent to an activating group) is 1. The maximum Gasteiger partial charge on any atom is 0.277 e. The molecule has 3 heterocycles. The van der Waals surface area contributed by atoms with E-state index in [2.05, 4.69) is 10.3 Å². The van der Waals surface area contributed by atoms with Crippen LogP contribution in [0.2, 0.25) is 0 Å². The lowest BCUT2D eigenvalue weighted by Gasteiger charge is -2.28. The van der Waals surface area contributed by atoms with Crippen molar-refractivity contribution in [1.29, 1.82) is 0 Å². The van der Waals surface area contributed by atoms with Crippen molar-refractivity contribution in [2.75, 3.05) is 20.1 Å². The van der Waals surface area contributed by atoms with E-state index in [4.69, 9.17) is 11.5 Å². The molecule has 0 atom stereocenters. The van der Waals surface area contributed by atoms with Crippen molar-refractivity contribution in [1.82, 2.24) is 20.1 Å². The van der Waals surface area contributed by atoms with Crippen LogP contribution in [0.15, 0.2) is 53.8 Å². The highest BCUT2D eigenvalue weighted by Gasteiger charge is 2.40. The summed E-state index contributed by atoms with van der Waals surface area (Å²) in [7, 11) is 1.45. The zero-order valence-corrected chi connectivity index (χ0v) is 15.5. The molecule has 28 heavy (non-hydrogen) atoms. The molecule has 9 heteroatoms. The molecule has 0 saturated heterocycles. The summed E-state index contributed by atoms with van der Waals surface area (Å²) in [6.07, 6.45) is 7.56. The van der Waals surface area contributed by atoms with Gasteiger partial charge in [0.15, 0.2) is 0 Å². The summed E-state index contributed by atoms with van der Waals surface area (Å²) >= 11 is 0. The minimum Gasteiger partial charge on any atom is -0.398 e. The smallest absolute Gasteiger partial charge is 0.277 e. The SMILES string of the molecule is CN1C(=O)C2=C(C1=O)N(CC(=O)N/C(N)=C/C=C(\N)c1cccnc1)CCC2.[HH]. The largest absolute Gasteiger partial charge is 0.398 e. The van der Waals surface area contributed by atoms with Gasteiger partial charge in [0.25, 0.3) is 11.8 Å². The van der Waals surface area contributed by atoms with E-state index in [9.17, 15) is 14.4 Å². The van der Waals surface area contributed by atoms with Gasteiger partial charge in [-0.2, -0.15) is 0 Å². The van der Waals surface area contributed by atoms with Crippen molar-refractivity contribution in [3.63, 3.8) is 0 Å². The van der Waals surface area contributed by atoms with Crippen molar-refractivity contribution in [3.05, 3.63) is 59.3 Å². The third-order valence-electron chi connectivity index (χ3n) is 4.58. The number of carbonyl (C=O) groups is 3. The molecule has 9 nitrogen and oxygen atoms in total. The molecule has 0 radical (unpaired) electrons. The summed E-state index contributed by atoms with van der Waals surface area (Å²) in [5.41, 5.74) is 13.8. The number of rotatable bonds is 5. The molecule has 0 fully saturated rings. The van der Waals surface area contributed by atoms with Crippen molar-refractivity contribution in [2.45, 2.75) is 12.8 Å². The first-order chi connectivity index (χ1) is 13.4. The van der Waals surface area contributed by atoms with Gasteiger partial charge >= 0.3 is 0 Å². The number of aromatic nitrogens is 1. The molecular weight excluding hydrogens is 360 g/mol. The molecule has 3 rings (SSSR count). The molecule has 0 aliphatic carbocycles. The average Bonchev–Trinajstić information content (AvgIpc) is 2.91. The van der Waals surface area contributed by atoms with E-state index in [-0.39, 0.29) is 31.5 Å². The Bertz CT molecular complexity index is 910. The molecule has 148 valence electrons. The van der Waals surface area contributed by atoms with Gasteiger partial charge in [-0.25, -0.2) is 0 Å². The van der Waals surface area contributed by atoms with Gasteiger partial charge in [0.2, 0.25) is 5.91 Å². The van der Waals surface area contributed by atoms with E-state index < -0.39 is 0 Å². The summed E-state index contributed by atoms with van der Waals surface area (Å²) in [4.78, 5) is 43.4. The van der Waals surface area contributed by atoms with E-state index in [1.54, 1.807) is 35.5 Å². The van der Waals surface area contributed by atoms with E-state index in [1.165, 1.54) is 13.1 Å². The maximum atomic E-state index is 12.3. The summed E-state index contributed by atoms with van der Waals surface area (Å²) in [5, 5.41) is 2.56. The first-order valence-corrected chi connectivity index (χ1v) is 8.82. The molecule has 1 aromatic rings. The van der Waals surface area contributed by atoms with Crippen LogP contribution in [-0.2, 0) is 14.4 Å². The van der Waals surface area contributed by atoms with Gasteiger partial charge in [0, 0.05) is 44.2 Å². The monoisotopic (exact) mass is 384 g/mol. The topological polar surface area (TPSA) is 135 Å². The van der Waals surface area contributed by atoms with Crippen LogP contribution in [0.25, 0.3) is 5.70 Å². The lowest BCUT2D eigenvalue weighted by Crippen LogP contribution is -2.41. The molecular formula is C19H24N6O3. The highest BCUT2D eigenvalue weighted by molar-refractivity contribution is 6.19. The first-order valence-electron chi connectivity index (χ1n) is 8.82. The van der Waals surface area contributed by atoms with Gasteiger partial charge in [-0.05, 0) is 37.1 Å². The van der Waals surface area contributed by atoms with E-state index in [1.807, 2.05) is 0 Å². The molecule has 3 amide bonds. The number of nitrogens with one attached hydrogen (secondary N) is 1. The zero-order chi connectivity index (χ0) is 20.3. The van der Waals surface area contributed by atoms with Crippen LogP contribution in [0.1, 0.15) is 19.8 Å². The fourth-order valence-electron chi connectivity index (χ4n) is 3.18. The van der Waals surface area contributed by atoms with Crippen LogP contribution in [0.3, 0.4) is 0 Å². The predicted octanol–water partition coefficient (Wildman–Crippen LogP) is -0.108. The molecule has 0 unspecified atom stereocenters. The van der Waals surface area contributed by atoms with Crippen LogP contribution in [-0.4, -0.2) is 52.6 Å². The van der Waals surface area contributed by atoms with E-state index in [0.717, 1.165) is 10.5 Å². The number of pyridine rings is 1. The van der Waals surface area contributed by atoms with E-state index >= 15 is 0 Å². The van der Waals surface area contributed by atoms with Crippen LogP contribution < -0.4 is 16.8 Å². The summed E-state index contributed by atoms with van der Waals surface area (Å²) < 4.78 is 0. The maximum absolute atomic E-state index is 12.3. The molecule has 1 aromatic heterocycles. The second kappa shape index (κ2) is 7.95. The second-order valence-corrected chi connectivity index (χ2v) is 6.56. The number of nitrogens with two attached hydrogens (primary N) is 2. The third-order valence-corrected chi connectivity index (χ3v) is 4.58. The Morgan fingerprint density at radius 2 is 2.11 bits per heavy atom. The minimum absolute atomic E-state index is 0. The molecule has 2 aliphatic rings. The number of allylic oxidation sites excluding steroid dienone is 2. The first kappa shape index (κ1) is 19.2. The lowest BCUT2D eigenvalue weighted by molar-refractivity contribution is -0.136. The Morgan fingerprint density at radius 1 is 1.32 bits per heavy atom. The number of imide groups is 1. The Labute approximate surface area is 163 Å². The molecule has 0 saturated carbocycles. The van der Waals surface area contributed by atoms with Crippen LogP contribution in [0.4, 0.5) is 0 Å². The summed E-state index contributed by atoms with van der Waals surface area (Å²) in [5.74, 6) is -0.927. The fourth-order valence-corrected chi connectivity index (χ4v) is 3.18. The number of nitrogens with zero attached hydrogens (tertiary/aromatic N) is 3. The number of amides is 3. The Balaban J connectivity index is 0.00000300. The van der Waals surface area contributed by atoms with Gasteiger partial charge in [-0.15, -0.1) is 0 Å². The Morgan fingerprint density at radius 3 is 2.82 bits per heavy atom. The highest BCUT2D eigenvalue weighted by atomic mass is 16.2. The van der Waals surface area contributed by atoms with Crippen LogP contribution in [0, 0.1) is 0 Å². The number of hydrogen-bond donors (Lipinski definition) is 3. The summed E-state index contributed by atoms with van der Waals surface area (Å²) in [6, 6.07) is 3.57. The molecule has 2 aliphatic heterocycles. The average molecular weight is 384 g/mol. The Hall–Kier alpha value is -3.62. The molecule has 0 bridgehead atoms. The third kappa shape index (κ3) is 3.88. The zero-order valence-electron chi connectivity index (χ0n) is 15.5. The summed E-state index contributed by atoms with van der Waals surface area (Å²) in [6.45, 7) is 0.457. The van der Waals surface area contributed by atoms with Crippen molar-refractivity contribution in [2.24, 2.45) is 11.5 Å². The quantitative estimate of drug-likeness (QED) is 0.476. The Kier molecular flexibility index (Phi) is 5.44. The molecule has 0 aromatic carbocycles. The van der Waals surface area contributed by atoms with Crippen LogP contribution in [0.5, 0.6) is 0 Å². The van der Waals surface area contributed by atoms with Gasteiger partial charge in [0.05, 0.1) is 6.54 Å². The standard InChI is InChI=1S/C19H22N6O3.H2/c1-24-18(27)13-5-3-9-25(17(13)19(24)28)11-16(26)23-15(21)7-6-14(20)12-4-2-8-22-10-12;/h2,4,6-8,10H,3,5,9,11,20-21H2,1H3,(H,23,26);1H/b14-6-,15-7+;. The molecule has 5 N–H and O–H groups in total. The predicted molar refractivity (Wildman–Crippen MR) is 105 cm³/mol. The van der Waals surface area contributed by atoms with Crippen molar-refractivity contribution >= 4 is 23.4 Å². The fraction of sp³-hybridized carbons (Fsp3) is 0.263. The second-order valence-electron chi connectivity index (χ2n) is 6.56. The van der Waals surface area contributed by atoms with E-state index in [0.29, 0.717) is 36.4 Å². The van der Waals surface area contributed by atoms with Gasteiger partial charge < -0.3 is 21.7 Å². The van der Waals surface area contributed by atoms with Crippen LogP contribution >= 0.6 is 0 Å². The number of carbonyl (C=O) groups excluding carboxylic acids is 3. The van der Waals surface area contributed by atoms with Gasteiger partial charge in [-0.3, -0.25) is 24.3 Å². The van der Waals surface area contributed by atoms with Crippen molar-refractivity contribution in [3.8, 4) is 0 Å². The highest BCUT2D eigenvalue weighted by Crippen LogP contribution is 2.30. The minimum atomic E-state index is -0.384. The lowest BCUT2D eigenvalue weighted by atomic mass is 10.0. The van der Waals surface area contributed by atoms with Gasteiger partial charge in [-0.1, -0.05) is 0 Å². The normalized spacial score (nSPS) is 17.9. The number of hydrogen-bond acceptors (Lipinski definition) is 7. The van der Waals surface area contributed by atoms with Gasteiger partial charge in [0.1, 0.15) is 11.5 Å². The molecule has 0 spiro atoms.